The summed E-state index contributed by atoms with van der Waals surface area (Å²) >= 11 is 1.76. The summed E-state index contributed by atoms with van der Waals surface area (Å²) in [6.45, 7) is 5.46. The van der Waals surface area contributed by atoms with Crippen molar-refractivity contribution in [3.63, 3.8) is 0 Å². The monoisotopic (exact) mass is 439 g/mol. The molecule has 2 atom stereocenters. The Bertz CT molecular complexity index is 1030. The number of thioether (sulfide) groups is 1. The Morgan fingerprint density at radius 2 is 2.06 bits per heavy atom. The van der Waals surface area contributed by atoms with Crippen molar-refractivity contribution in [2.75, 3.05) is 30.0 Å². The number of nitrogens with zero attached hydrogens (tertiary/aromatic N) is 6. The second-order valence-corrected chi connectivity index (χ2v) is 9.05. The van der Waals surface area contributed by atoms with Gasteiger partial charge in [0.25, 0.3) is 0 Å². The molecule has 8 nitrogen and oxygen atoms in total. The Morgan fingerprint density at radius 3 is 2.84 bits per heavy atom. The molecule has 3 aromatic heterocycles. The molecule has 0 aromatic carbocycles. The minimum atomic E-state index is -0.176. The Morgan fingerprint density at radius 1 is 1.26 bits per heavy atom. The van der Waals surface area contributed by atoms with Crippen LogP contribution in [0.2, 0.25) is 0 Å². The van der Waals surface area contributed by atoms with Gasteiger partial charge in [0.05, 0.1) is 12.0 Å². The number of amides is 1. The molecule has 1 fully saturated rings. The topological polar surface area (TPSA) is 88.3 Å². The van der Waals surface area contributed by atoms with Crippen molar-refractivity contribution in [2.24, 2.45) is 5.92 Å². The normalized spacial score (nSPS) is 17.6. The number of aryl methyl sites for hydroxylation is 2. The Hall–Kier alpha value is -2.68. The lowest BCUT2D eigenvalue weighted by atomic mass is 9.96. The van der Waals surface area contributed by atoms with E-state index in [1.54, 1.807) is 11.8 Å². The van der Waals surface area contributed by atoms with Gasteiger partial charge < -0.3 is 10.2 Å². The molecule has 1 amide bonds. The first-order chi connectivity index (χ1) is 15.0. The highest BCUT2D eigenvalue weighted by Crippen LogP contribution is 2.24. The van der Waals surface area contributed by atoms with Crippen LogP contribution in [0.4, 0.5) is 5.95 Å². The number of fused-ring (bicyclic) bond motifs is 1. The molecule has 1 aliphatic rings. The van der Waals surface area contributed by atoms with Gasteiger partial charge in [0.2, 0.25) is 11.9 Å². The van der Waals surface area contributed by atoms with E-state index < -0.39 is 0 Å². The van der Waals surface area contributed by atoms with Crippen LogP contribution in [-0.2, 0) is 4.79 Å². The predicted molar refractivity (Wildman–Crippen MR) is 123 cm³/mol. The molecule has 1 saturated heterocycles. The summed E-state index contributed by atoms with van der Waals surface area (Å²) in [6.07, 6.45) is 6.63. The molecule has 3 aromatic rings. The van der Waals surface area contributed by atoms with Crippen LogP contribution < -0.4 is 10.2 Å². The molecular weight excluding hydrogens is 410 g/mol. The Balaban J connectivity index is 1.50. The maximum absolute atomic E-state index is 13.3. The first-order valence-electron chi connectivity index (χ1n) is 10.7. The zero-order valence-electron chi connectivity index (χ0n) is 18.3. The lowest BCUT2D eigenvalue weighted by molar-refractivity contribution is -0.126. The number of hydrogen-bond donors (Lipinski definition) is 1. The van der Waals surface area contributed by atoms with Crippen molar-refractivity contribution < 1.29 is 4.79 Å². The first kappa shape index (κ1) is 21.5. The van der Waals surface area contributed by atoms with Crippen LogP contribution in [0.15, 0.2) is 30.5 Å². The SMILES string of the molecule is CSCC[C@H](NC(=O)C1CCCN(c2nc(C)cc(C)n2)C1)c1nnc2ccccn12. The van der Waals surface area contributed by atoms with Crippen LogP contribution in [0.5, 0.6) is 0 Å². The Labute approximate surface area is 186 Å². The van der Waals surface area contributed by atoms with Gasteiger partial charge in [0, 0.05) is 30.7 Å². The van der Waals surface area contributed by atoms with E-state index in [0.717, 1.165) is 60.4 Å². The van der Waals surface area contributed by atoms with Gasteiger partial charge in [-0.1, -0.05) is 6.07 Å². The molecule has 0 spiro atoms. The number of pyridine rings is 1. The number of piperidine rings is 1. The third-order valence-corrected chi connectivity index (χ3v) is 6.27. The average Bonchev–Trinajstić information content (AvgIpc) is 3.20. The summed E-state index contributed by atoms with van der Waals surface area (Å²) in [5.74, 6) is 2.39. The maximum Gasteiger partial charge on any atom is 0.225 e. The molecule has 4 heterocycles. The van der Waals surface area contributed by atoms with E-state index in [9.17, 15) is 4.79 Å². The average molecular weight is 440 g/mol. The predicted octanol–water partition coefficient (Wildman–Crippen LogP) is 2.96. The highest BCUT2D eigenvalue weighted by atomic mass is 32.2. The van der Waals surface area contributed by atoms with Gasteiger partial charge in [-0.3, -0.25) is 9.20 Å². The van der Waals surface area contributed by atoms with E-state index in [1.807, 2.05) is 48.7 Å². The maximum atomic E-state index is 13.3. The fourth-order valence-electron chi connectivity index (χ4n) is 4.11. The summed E-state index contributed by atoms with van der Waals surface area (Å²) in [6, 6.07) is 7.61. The van der Waals surface area contributed by atoms with Gasteiger partial charge in [-0.05, 0) is 63.3 Å². The number of nitrogens with one attached hydrogen (secondary N) is 1. The molecule has 4 rings (SSSR count). The standard InChI is InChI=1S/C22H29N7OS/c1-15-13-16(2)24-22(23-15)28-10-6-7-17(14-28)21(30)25-18(9-12-31-3)20-27-26-19-8-4-5-11-29(19)20/h4-5,8,11,13,17-18H,6-7,9-10,12,14H2,1-3H3,(H,25,30)/t17?,18-/m0/s1. The largest absolute Gasteiger partial charge is 0.346 e. The molecule has 1 aliphatic heterocycles. The molecule has 0 saturated carbocycles. The molecule has 164 valence electrons. The smallest absolute Gasteiger partial charge is 0.225 e. The third-order valence-electron chi connectivity index (χ3n) is 5.62. The summed E-state index contributed by atoms with van der Waals surface area (Å²) in [7, 11) is 0. The highest BCUT2D eigenvalue weighted by Gasteiger charge is 2.30. The molecule has 0 radical (unpaired) electrons. The number of hydrogen-bond acceptors (Lipinski definition) is 7. The van der Waals surface area contributed by atoms with Crippen LogP contribution >= 0.6 is 11.8 Å². The van der Waals surface area contributed by atoms with Crippen molar-refractivity contribution in [1.29, 1.82) is 0 Å². The van der Waals surface area contributed by atoms with Crippen molar-refractivity contribution >= 4 is 29.3 Å². The van der Waals surface area contributed by atoms with Crippen LogP contribution in [0, 0.1) is 19.8 Å². The number of carbonyl (C=O) groups excluding carboxylic acids is 1. The molecular formula is C22H29N7OS. The molecule has 1 unspecified atom stereocenters. The van der Waals surface area contributed by atoms with Crippen molar-refractivity contribution in [2.45, 2.75) is 39.2 Å². The zero-order chi connectivity index (χ0) is 21.8. The summed E-state index contributed by atoms with van der Waals surface area (Å²) < 4.78 is 1.96. The highest BCUT2D eigenvalue weighted by molar-refractivity contribution is 7.98. The van der Waals surface area contributed by atoms with Crippen LogP contribution in [0.1, 0.15) is 42.5 Å². The summed E-state index contributed by atoms with van der Waals surface area (Å²) in [4.78, 5) is 24.6. The van der Waals surface area contributed by atoms with Gasteiger partial charge in [0.15, 0.2) is 11.5 Å². The number of rotatable bonds is 7. The van der Waals surface area contributed by atoms with E-state index in [-0.39, 0.29) is 17.9 Å². The van der Waals surface area contributed by atoms with Crippen LogP contribution in [0.3, 0.4) is 0 Å². The number of anilines is 1. The van der Waals surface area contributed by atoms with Gasteiger partial charge in [-0.25, -0.2) is 9.97 Å². The molecule has 31 heavy (non-hydrogen) atoms. The molecule has 9 heteroatoms. The van der Waals surface area contributed by atoms with E-state index in [2.05, 4.69) is 36.6 Å². The summed E-state index contributed by atoms with van der Waals surface area (Å²) in [5, 5.41) is 11.9. The van der Waals surface area contributed by atoms with Gasteiger partial charge in [-0.2, -0.15) is 11.8 Å². The summed E-state index contributed by atoms with van der Waals surface area (Å²) in [5.41, 5.74) is 2.69. The fourth-order valence-corrected chi connectivity index (χ4v) is 4.58. The first-order valence-corrected chi connectivity index (χ1v) is 12.1. The van der Waals surface area contributed by atoms with E-state index in [4.69, 9.17) is 0 Å². The lowest BCUT2D eigenvalue weighted by Gasteiger charge is -2.33. The third kappa shape index (κ3) is 4.98. The lowest BCUT2D eigenvalue weighted by Crippen LogP contribution is -2.45. The number of carbonyl (C=O) groups is 1. The van der Waals surface area contributed by atoms with E-state index in [1.165, 1.54) is 0 Å². The number of aromatic nitrogens is 5. The van der Waals surface area contributed by atoms with Crippen molar-refractivity contribution in [3.05, 3.63) is 47.7 Å². The van der Waals surface area contributed by atoms with Crippen LogP contribution in [0.25, 0.3) is 5.65 Å². The van der Waals surface area contributed by atoms with Gasteiger partial charge in [-0.15, -0.1) is 10.2 Å². The van der Waals surface area contributed by atoms with Crippen LogP contribution in [-0.4, -0.2) is 55.6 Å². The van der Waals surface area contributed by atoms with Gasteiger partial charge >= 0.3 is 0 Å². The molecule has 0 aliphatic carbocycles. The molecule has 1 N–H and O–H groups in total. The van der Waals surface area contributed by atoms with Crippen molar-refractivity contribution in [3.8, 4) is 0 Å². The zero-order valence-corrected chi connectivity index (χ0v) is 19.1. The quantitative estimate of drug-likeness (QED) is 0.605. The molecule has 0 bridgehead atoms. The minimum Gasteiger partial charge on any atom is -0.346 e. The van der Waals surface area contributed by atoms with E-state index in [0.29, 0.717) is 6.54 Å². The van der Waals surface area contributed by atoms with Crippen molar-refractivity contribution in [1.82, 2.24) is 29.9 Å². The Kier molecular flexibility index (Phi) is 6.70. The van der Waals surface area contributed by atoms with E-state index >= 15 is 0 Å². The minimum absolute atomic E-state index is 0.0628. The second-order valence-electron chi connectivity index (χ2n) is 8.07. The fraction of sp³-hybridized carbons (Fsp3) is 0.500. The second kappa shape index (κ2) is 9.64. The van der Waals surface area contributed by atoms with Gasteiger partial charge in [0.1, 0.15) is 0 Å².